The van der Waals surface area contributed by atoms with Crippen molar-refractivity contribution in [1.29, 1.82) is 5.26 Å². The lowest BCUT2D eigenvalue weighted by molar-refractivity contribution is 0.0945. The Morgan fingerprint density at radius 1 is 1.79 bits per heavy atom. The molecule has 5 heteroatoms. The Balaban J connectivity index is 2.37. The highest BCUT2D eigenvalue weighted by molar-refractivity contribution is 5.92. The van der Waals surface area contributed by atoms with Crippen LogP contribution in [0, 0.1) is 11.3 Å². The zero-order valence-corrected chi connectivity index (χ0v) is 8.03. The molecule has 0 fully saturated rings. The second kappa shape index (κ2) is 5.02. The first-order valence-electron chi connectivity index (χ1n) is 4.37. The van der Waals surface area contributed by atoms with Crippen molar-refractivity contribution in [3.8, 4) is 6.07 Å². The molecule has 0 atom stereocenters. The van der Waals surface area contributed by atoms with Crippen molar-refractivity contribution < 1.29 is 4.79 Å². The third kappa shape index (κ3) is 2.59. The average Bonchev–Trinajstić information content (AvgIpc) is 2.59. The summed E-state index contributed by atoms with van der Waals surface area (Å²) >= 11 is 0. The van der Waals surface area contributed by atoms with Crippen LogP contribution < -0.4 is 5.32 Å². The molecular formula is C9H12N4O. The van der Waals surface area contributed by atoms with Gasteiger partial charge in [-0.15, -0.1) is 0 Å². The van der Waals surface area contributed by atoms with Crippen molar-refractivity contribution in [2.45, 2.75) is 12.8 Å². The molecule has 1 amide bonds. The molecule has 0 aliphatic heterocycles. The van der Waals surface area contributed by atoms with Crippen LogP contribution in [-0.4, -0.2) is 22.0 Å². The van der Waals surface area contributed by atoms with Crippen LogP contribution in [0.25, 0.3) is 0 Å². The van der Waals surface area contributed by atoms with Crippen LogP contribution >= 0.6 is 0 Å². The first kappa shape index (κ1) is 10.3. The molecule has 0 aromatic carbocycles. The molecule has 0 bridgehead atoms. The third-order valence-corrected chi connectivity index (χ3v) is 1.80. The topological polar surface area (TPSA) is 70.7 Å². The van der Waals surface area contributed by atoms with Gasteiger partial charge in [-0.1, -0.05) is 0 Å². The van der Waals surface area contributed by atoms with Crippen molar-refractivity contribution in [3.05, 3.63) is 18.2 Å². The molecule has 0 radical (unpaired) electrons. The van der Waals surface area contributed by atoms with E-state index in [0.717, 1.165) is 0 Å². The molecule has 1 aromatic heterocycles. The fourth-order valence-corrected chi connectivity index (χ4v) is 1.04. The monoisotopic (exact) mass is 192 g/mol. The Kier molecular flexibility index (Phi) is 3.68. The summed E-state index contributed by atoms with van der Waals surface area (Å²) in [6.07, 6.45) is 4.23. The Morgan fingerprint density at radius 2 is 2.57 bits per heavy atom. The van der Waals surface area contributed by atoms with Crippen molar-refractivity contribution in [3.63, 3.8) is 0 Å². The van der Waals surface area contributed by atoms with E-state index in [1.54, 1.807) is 17.9 Å². The lowest BCUT2D eigenvalue weighted by Crippen LogP contribution is -2.26. The van der Waals surface area contributed by atoms with Gasteiger partial charge in [-0.25, -0.2) is 4.98 Å². The van der Waals surface area contributed by atoms with Gasteiger partial charge in [-0.05, 0) is 6.42 Å². The number of carbonyl (C=O) groups excluding carboxylic acids is 1. The number of amides is 1. The zero-order chi connectivity index (χ0) is 10.4. The second-order valence-corrected chi connectivity index (χ2v) is 2.91. The minimum absolute atomic E-state index is 0.150. The normalized spacial score (nSPS) is 9.43. The van der Waals surface area contributed by atoms with Crippen LogP contribution in [0.4, 0.5) is 0 Å². The standard InChI is InChI=1S/C9H12N4O/c1-13-7-11-6-8(13)9(14)12-5-3-2-4-10/h6-7H,2-3,5H2,1H3,(H,12,14). The lowest BCUT2D eigenvalue weighted by atomic mass is 10.3. The molecule has 5 nitrogen and oxygen atoms in total. The molecule has 0 aliphatic rings. The van der Waals surface area contributed by atoms with Crippen molar-refractivity contribution in [2.24, 2.45) is 7.05 Å². The molecule has 14 heavy (non-hydrogen) atoms. The Morgan fingerprint density at radius 3 is 3.14 bits per heavy atom. The van der Waals surface area contributed by atoms with Gasteiger partial charge in [-0.2, -0.15) is 5.26 Å². The number of unbranched alkanes of at least 4 members (excludes halogenated alkanes) is 1. The van der Waals surface area contributed by atoms with E-state index in [1.165, 1.54) is 6.20 Å². The number of carbonyl (C=O) groups is 1. The molecule has 0 spiro atoms. The predicted molar refractivity (Wildman–Crippen MR) is 50.4 cm³/mol. The maximum atomic E-state index is 11.4. The highest BCUT2D eigenvalue weighted by Crippen LogP contribution is 1.95. The molecular weight excluding hydrogens is 180 g/mol. The number of aryl methyl sites for hydroxylation is 1. The van der Waals surface area contributed by atoms with E-state index in [4.69, 9.17) is 5.26 Å². The van der Waals surface area contributed by atoms with E-state index in [2.05, 4.69) is 10.3 Å². The van der Waals surface area contributed by atoms with Gasteiger partial charge in [0, 0.05) is 20.0 Å². The SMILES string of the molecule is Cn1cncc1C(=O)NCCCC#N. The summed E-state index contributed by atoms with van der Waals surface area (Å²) in [4.78, 5) is 15.3. The van der Waals surface area contributed by atoms with Crippen LogP contribution in [0.3, 0.4) is 0 Å². The first-order chi connectivity index (χ1) is 6.75. The summed E-state index contributed by atoms with van der Waals surface area (Å²) < 4.78 is 1.65. The number of nitrogens with zero attached hydrogens (tertiary/aromatic N) is 3. The molecule has 1 aromatic rings. The first-order valence-corrected chi connectivity index (χ1v) is 4.37. The van der Waals surface area contributed by atoms with Crippen LogP contribution in [0.1, 0.15) is 23.3 Å². The molecule has 1 N–H and O–H groups in total. The Bertz CT molecular complexity index is 350. The van der Waals surface area contributed by atoms with Crippen molar-refractivity contribution >= 4 is 5.91 Å². The number of hydrogen-bond donors (Lipinski definition) is 1. The van der Waals surface area contributed by atoms with Crippen LogP contribution in [0.15, 0.2) is 12.5 Å². The molecule has 74 valence electrons. The van der Waals surface area contributed by atoms with Gasteiger partial charge in [0.05, 0.1) is 18.6 Å². The number of nitrogens with one attached hydrogen (secondary N) is 1. The van der Waals surface area contributed by atoms with E-state index < -0.39 is 0 Å². The maximum absolute atomic E-state index is 11.4. The highest BCUT2D eigenvalue weighted by Gasteiger charge is 2.07. The van der Waals surface area contributed by atoms with Gasteiger partial charge in [0.25, 0.3) is 5.91 Å². The molecule has 1 rings (SSSR count). The number of nitriles is 1. The van der Waals surface area contributed by atoms with Crippen LogP contribution in [-0.2, 0) is 7.05 Å². The molecule has 0 saturated carbocycles. The Labute approximate surface area is 82.4 Å². The highest BCUT2D eigenvalue weighted by atomic mass is 16.1. The minimum atomic E-state index is -0.150. The molecule has 0 aliphatic carbocycles. The van der Waals surface area contributed by atoms with Gasteiger partial charge in [0.15, 0.2) is 0 Å². The number of aromatic nitrogens is 2. The summed E-state index contributed by atoms with van der Waals surface area (Å²) in [5, 5.41) is 11.0. The molecule has 0 saturated heterocycles. The van der Waals surface area contributed by atoms with Gasteiger partial charge >= 0.3 is 0 Å². The van der Waals surface area contributed by atoms with Crippen LogP contribution in [0.5, 0.6) is 0 Å². The summed E-state index contributed by atoms with van der Waals surface area (Å²) in [6, 6.07) is 2.02. The van der Waals surface area contributed by atoms with Gasteiger partial charge < -0.3 is 9.88 Å². The summed E-state index contributed by atoms with van der Waals surface area (Å²) in [7, 11) is 1.76. The van der Waals surface area contributed by atoms with Crippen molar-refractivity contribution in [2.75, 3.05) is 6.54 Å². The summed E-state index contributed by atoms with van der Waals surface area (Å²) in [5.41, 5.74) is 0.530. The minimum Gasteiger partial charge on any atom is -0.351 e. The third-order valence-electron chi connectivity index (χ3n) is 1.80. The predicted octanol–water partition coefficient (Wildman–Crippen LogP) is 0.454. The van der Waals surface area contributed by atoms with Gasteiger partial charge in [-0.3, -0.25) is 4.79 Å². The van der Waals surface area contributed by atoms with Crippen LogP contribution in [0.2, 0.25) is 0 Å². The van der Waals surface area contributed by atoms with E-state index in [9.17, 15) is 4.79 Å². The summed E-state index contributed by atoms with van der Waals surface area (Å²) in [6.45, 7) is 0.525. The Hall–Kier alpha value is -1.83. The fourth-order valence-electron chi connectivity index (χ4n) is 1.04. The lowest BCUT2D eigenvalue weighted by Gasteiger charge is -2.03. The number of rotatable bonds is 4. The number of imidazole rings is 1. The largest absolute Gasteiger partial charge is 0.351 e. The smallest absolute Gasteiger partial charge is 0.269 e. The maximum Gasteiger partial charge on any atom is 0.269 e. The van der Waals surface area contributed by atoms with E-state index in [-0.39, 0.29) is 5.91 Å². The van der Waals surface area contributed by atoms with E-state index >= 15 is 0 Å². The fraction of sp³-hybridized carbons (Fsp3) is 0.444. The molecule has 1 heterocycles. The second-order valence-electron chi connectivity index (χ2n) is 2.91. The summed E-state index contributed by atoms with van der Waals surface area (Å²) in [5.74, 6) is -0.150. The van der Waals surface area contributed by atoms with Gasteiger partial charge in [0.1, 0.15) is 5.69 Å². The van der Waals surface area contributed by atoms with E-state index in [1.807, 2.05) is 6.07 Å². The van der Waals surface area contributed by atoms with Gasteiger partial charge in [0.2, 0.25) is 0 Å². The van der Waals surface area contributed by atoms with E-state index in [0.29, 0.717) is 25.1 Å². The average molecular weight is 192 g/mol. The zero-order valence-electron chi connectivity index (χ0n) is 8.03. The number of hydrogen-bond acceptors (Lipinski definition) is 3. The molecule has 0 unspecified atom stereocenters. The quantitative estimate of drug-likeness (QED) is 0.704. The van der Waals surface area contributed by atoms with Crippen molar-refractivity contribution in [1.82, 2.24) is 14.9 Å².